The SMILES string of the molecule is CCOc1ccc(NC(=O)N2CCN(C=O)CC2)cc1. The molecular weight excluding hydrogens is 258 g/mol. The molecule has 1 aliphatic heterocycles. The van der Waals surface area contributed by atoms with E-state index in [4.69, 9.17) is 4.74 Å². The van der Waals surface area contributed by atoms with Crippen LogP contribution in [0.3, 0.4) is 0 Å². The van der Waals surface area contributed by atoms with Gasteiger partial charge in [0.15, 0.2) is 0 Å². The van der Waals surface area contributed by atoms with Crippen molar-refractivity contribution in [1.82, 2.24) is 9.80 Å². The fraction of sp³-hybridized carbons (Fsp3) is 0.429. The molecule has 0 aromatic heterocycles. The number of amides is 3. The van der Waals surface area contributed by atoms with E-state index >= 15 is 0 Å². The summed E-state index contributed by atoms with van der Waals surface area (Å²) in [5, 5.41) is 2.84. The molecule has 1 heterocycles. The molecule has 6 nitrogen and oxygen atoms in total. The topological polar surface area (TPSA) is 61.9 Å². The van der Waals surface area contributed by atoms with Gasteiger partial charge in [-0.15, -0.1) is 0 Å². The Kier molecular flexibility index (Phi) is 4.81. The maximum Gasteiger partial charge on any atom is 0.321 e. The van der Waals surface area contributed by atoms with Gasteiger partial charge in [-0.2, -0.15) is 0 Å². The zero-order valence-electron chi connectivity index (χ0n) is 11.5. The van der Waals surface area contributed by atoms with Crippen LogP contribution < -0.4 is 10.1 Å². The van der Waals surface area contributed by atoms with Gasteiger partial charge in [0.25, 0.3) is 0 Å². The molecule has 6 heteroatoms. The van der Waals surface area contributed by atoms with E-state index in [1.807, 2.05) is 31.2 Å². The lowest BCUT2D eigenvalue weighted by atomic mass is 10.3. The monoisotopic (exact) mass is 277 g/mol. The van der Waals surface area contributed by atoms with Crippen molar-refractivity contribution in [2.75, 3.05) is 38.1 Å². The standard InChI is InChI=1S/C14H19N3O3/c1-2-20-13-5-3-12(4-6-13)15-14(19)17-9-7-16(11-18)8-10-17/h3-6,11H,2,7-10H2,1H3,(H,15,19). The van der Waals surface area contributed by atoms with Crippen LogP contribution in [0.5, 0.6) is 5.75 Å². The number of piperazine rings is 1. The molecule has 1 aromatic rings. The highest BCUT2D eigenvalue weighted by atomic mass is 16.5. The Morgan fingerprint density at radius 2 is 1.90 bits per heavy atom. The number of hydrogen-bond acceptors (Lipinski definition) is 3. The molecule has 0 bridgehead atoms. The van der Waals surface area contributed by atoms with Crippen LogP contribution in [0.1, 0.15) is 6.92 Å². The van der Waals surface area contributed by atoms with Crippen LogP contribution >= 0.6 is 0 Å². The van der Waals surface area contributed by atoms with Crippen molar-refractivity contribution in [2.45, 2.75) is 6.92 Å². The number of nitrogens with zero attached hydrogens (tertiary/aromatic N) is 2. The summed E-state index contributed by atoms with van der Waals surface area (Å²) in [5.74, 6) is 0.782. The molecule has 1 fully saturated rings. The molecule has 1 aliphatic rings. The van der Waals surface area contributed by atoms with E-state index in [1.54, 1.807) is 9.80 Å². The number of carbonyl (C=O) groups is 2. The van der Waals surface area contributed by atoms with Crippen molar-refractivity contribution in [3.63, 3.8) is 0 Å². The highest BCUT2D eigenvalue weighted by molar-refractivity contribution is 5.89. The van der Waals surface area contributed by atoms with E-state index in [0.717, 1.165) is 17.8 Å². The molecule has 0 spiro atoms. The van der Waals surface area contributed by atoms with Crippen LogP contribution in [0.15, 0.2) is 24.3 Å². The summed E-state index contributed by atoms with van der Waals surface area (Å²) in [7, 11) is 0. The first kappa shape index (κ1) is 14.2. The van der Waals surface area contributed by atoms with E-state index in [2.05, 4.69) is 5.32 Å². The molecule has 108 valence electrons. The van der Waals surface area contributed by atoms with Gasteiger partial charge in [0.1, 0.15) is 5.75 Å². The van der Waals surface area contributed by atoms with Crippen LogP contribution in [0, 0.1) is 0 Å². The lowest BCUT2D eigenvalue weighted by molar-refractivity contribution is -0.119. The Hall–Kier alpha value is -2.24. The third-order valence-electron chi connectivity index (χ3n) is 3.17. The van der Waals surface area contributed by atoms with Crippen LogP contribution in [0.25, 0.3) is 0 Å². The molecular formula is C14H19N3O3. The summed E-state index contributed by atoms with van der Waals surface area (Å²) in [6.07, 6.45) is 0.821. The van der Waals surface area contributed by atoms with Crippen LogP contribution in [0.2, 0.25) is 0 Å². The number of ether oxygens (including phenoxy) is 1. The van der Waals surface area contributed by atoms with Crippen molar-refractivity contribution >= 4 is 18.1 Å². The number of rotatable bonds is 4. The van der Waals surface area contributed by atoms with Crippen LogP contribution in [-0.4, -0.2) is 55.0 Å². The predicted molar refractivity (Wildman–Crippen MR) is 75.8 cm³/mol. The maximum absolute atomic E-state index is 12.0. The zero-order chi connectivity index (χ0) is 14.4. The molecule has 0 radical (unpaired) electrons. The molecule has 1 N–H and O–H groups in total. The highest BCUT2D eigenvalue weighted by Crippen LogP contribution is 2.16. The van der Waals surface area contributed by atoms with E-state index in [9.17, 15) is 9.59 Å². The summed E-state index contributed by atoms with van der Waals surface area (Å²) < 4.78 is 5.34. The van der Waals surface area contributed by atoms with Gasteiger partial charge in [0, 0.05) is 31.9 Å². The average molecular weight is 277 g/mol. The zero-order valence-corrected chi connectivity index (χ0v) is 11.5. The molecule has 1 saturated heterocycles. The molecule has 0 aliphatic carbocycles. The number of hydrogen-bond donors (Lipinski definition) is 1. The summed E-state index contributed by atoms with van der Waals surface area (Å²) in [6.45, 7) is 4.82. The van der Waals surface area contributed by atoms with E-state index in [1.165, 1.54) is 0 Å². The Balaban J connectivity index is 1.86. The average Bonchev–Trinajstić information content (AvgIpc) is 2.49. The largest absolute Gasteiger partial charge is 0.494 e. The van der Waals surface area contributed by atoms with Gasteiger partial charge in [0.05, 0.1) is 6.61 Å². The second kappa shape index (κ2) is 6.79. The Morgan fingerprint density at radius 3 is 2.45 bits per heavy atom. The molecule has 0 atom stereocenters. The molecule has 2 rings (SSSR count). The van der Waals surface area contributed by atoms with Crippen molar-refractivity contribution in [2.24, 2.45) is 0 Å². The first-order valence-electron chi connectivity index (χ1n) is 6.71. The number of benzene rings is 1. The maximum atomic E-state index is 12.0. The van der Waals surface area contributed by atoms with Crippen molar-refractivity contribution in [3.05, 3.63) is 24.3 Å². The summed E-state index contributed by atoms with van der Waals surface area (Å²) in [4.78, 5) is 26.0. The van der Waals surface area contributed by atoms with Gasteiger partial charge >= 0.3 is 6.03 Å². The summed E-state index contributed by atoms with van der Waals surface area (Å²) >= 11 is 0. The minimum Gasteiger partial charge on any atom is -0.494 e. The van der Waals surface area contributed by atoms with E-state index in [-0.39, 0.29) is 6.03 Å². The van der Waals surface area contributed by atoms with Crippen molar-refractivity contribution in [1.29, 1.82) is 0 Å². The summed E-state index contributed by atoms with van der Waals surface area (Å²) in [5.41, 5.74) is 0.733. The second-order valence-electron chi connectivity index (χ2n) is 4.52. The fourth-order valence-corrected chi connectivity index (χ4v) is 2.03. The van der Waals surface area contributed by atoms with Gasteiger partial charge in [-0.3, -0.25) is 4.79 Å². The molecule has 3 amide bonds. The Morgan fingerprint density at radius 1 is 1.25 bits per heavy atom. The summed E-state index contributed by atoms with van der Waals surface area (Å²) in [6, 6.07) is 7.13. The van der Waals surface area contributed by atoms with Gasteiger partial charge in [-0.25, -0.2) is 4.79 Å². The van der Waals surface area contributed by atoms with Gasteiger partial charge < -0.3 is 19.9 Å². The minimum atomic E-state index is -0.139. The Bertz CT molecular complexity index is 453. The van der Waals surface area contributed by atoms with Crippen molar-refractivity contribution in [3.8, 4) is 5.75 Å². The van der Waals surface area contributed by atoms with E-state index in [0.29, 0.717) is 32.8 Å². The first-order valence-corrected chi connectivity index (χ1v) is 6.71. The van der Waals surface area contributed by atoms with Gasteiger partial charge in [-0.05, 0) is 31.2 Å². The predicted octanol–water partition coefficient (Wildman–Crippen LogP) is 1.39. The molecule has 0 unspecified atom stereocenters. The second-order valence-corrected chi connectivity index (χ2v) is 4.52. The molecule has 0 saturated carbocycles. The van der Waals surface area contributed by atoms with Crippen molar-refractivity contribution < 1.29 is 14.3 Å². The number of carbonyl (C=O) groups excluding carboxylic acids is 2. The first-order chi connectivity index (χ1) is 9.72. The third kappa shape index (κ3) is 3.63. The van der Waals surface area contributed by atoms with Gasteiger partial charge in [0.2, 0.25) is 6.41 Å². The molecule has 1 aromatic carbocycles. The van der Waals surface area contributed by atoms with Crippen LogP contribution in [0.4, 0.5) is 10.5 Å². The molecule has 20 heavy (non-hydrogen) atoms. The lowest BCUT2D eigenvalue weighted by Crippen LogP contribution is -2.49. The normalized spacial score (nSPS) is 14.8. The number of anilines is 1. The van der Waals surface area contributed by atoms with Crippen LogP contribution in [-0.2, 0) is 4.79 Å². The minimum absolute atomic E-state index is 0.139. The lowest BCUT2D eigenvalue weighted by Gasteiger charge is -2.32. The highest BCUT2D eigenvalue weighted by Gasteiger charge is 2.19. The third-order valence-corrected chi connectivity index (χ3v) is 3.17. The quantitative estimate of drug-likeness (QED) is 0.846. The smallest absolute Gasteiger partial charge is 0.321 e. The Labute approximate surface area is 118 Å². The number of nitrogens with one attached hydrogen (secondary N) is 1. The van der Waals surface area contributed by atoms with Gasteiger partial charge in [-0.1, -0.05) is 0 Å². The van der Waals surface area contributed by atoms with E-state index < -0.39 is 0 Å². The fourth-order valence-electron chi connectivity index (χ4n) is 2.03. The number of urea groups is 1.